The van der Waals surface area contributed by atoms with E-state index >= 15 is 0 Å². The third-order valence-corrected chi connectivity index (χ3v) is 3.65. The fourth-order valence-electron chi connectivity index (χ4n) is 1.80. The number of rotatable bonds is 4. The van der Waals surface area contributed by atoms with Gasteiger partial charge in [0.15, 0.2) is 11.6 Å². The van der Waals surface area contributed by atoms with Crippen LogP contribution in [0.1, 0.15) is 11.1 Å². The highest BCUT2D eigenvalue weighted by atomic mass is 79.9. The van der Waals surface area contributed by atoms with Gasteiger partial charge in [-0.3, -0.25) is 0 Å². The first-order valence-corrected chi connectivity index (χ1v) is 6.77. The van der Waals surface area contributed by atoms with Crippen molar-refractivity contribution in [2.75, 3.05) is 7.05 Å². The van der Waals surface area contributed by atoms with Crippen LogP contribution in [0, 0.1) is 12.7 Å². The smallest absolute Gasteiger partial charge is 0.167 e. The van der Waals surface area contributed by atoms with Crippen LogP contribution < -0.4 is 10.1 Å². The molecule has 2 rings (SSSR count). The number of hydrogen-bond donors (Lipinski definition) is 1. The van der Waals surface area contributed by atoms with Crippen LogP contribution in [0.5, 0.6) is 11.5 Å². The van der Waals surface area contributed by atoms with Crippen LogP contribution in [0.2, 0.25) is 0 Å². The van der Waals surface area contributed by atoms with Crippen LogP contribution >= 0.6 is 15.9 Å². The van der Waals surface area contributed by atoms with Crippen molar-refractivity contribution >= 4 is 15.9 Å². The maximum Gasteiger partial charge on any atom is 0.167 e. The highest BCUT2D eigenvalue weighted by Gasteiger charge is 2.10. The molecule has 0 aliphatic heterocycles. The summed E-state index contributed by atoms with van der Waals surface area (Å²) in [6, 6.07) is 10.5. The second-order valence-corrected chi connectivity index (χ2v) is 5.13. The van der Waals surface area contributed by atoms with Gasteiger partial charge in [-0.25, -0.2) is 4.39 Å². The van der Waals surface area contributed by atoms with Crippen molar-refractivity contribution in [2.45, 2.75) is 13.5 Å². The average Bonchev–Trinajstić information content (AvgIpc) is 2.38. The van der Waals surface area contributed by atoms with Gasteiger partial charge in [0.25, 0.3) is 0 Å². The third-order valence-electron chi connectivity index (χ3n) is 2.77. The van der Waals surface area contributed by atoms with Crippen molar-refractivity contribution in [1.82, 2.24) is 5.32 Å². The first kappa shape index (κ1) is 14.0. The Morgan fingerprint density at radius 1 is 1.26 bits per heavy atom. The Bertz CT molecular complexity index is 586. The minimum absolute atomic E-state index is 0.276. The molecule has 4 heteroatoms. The molecule has 0 aliphatic carbocycles. The lowest BCUT2D eigenvalue weighted by molar-refractivity contribution is 0.434. The quantitative estimate of drug-likeness (QED) is 0.899. The standard InChI is InChI=1S/C15H15BrFNO/c1-10-8-12(6-7-13(10)16)19-15-11(9-18-2)4-3-5-14(15)17/h3-8,18H,9H2,1-2H3. The van der Waals surface area contributed by atoms with Gasteiger partial charge >= 0.3 is 0 Å². The molecule has 0 spiro atoms. The van der Waals surface area contributed by atoms with Crippen LogP contribution in [0.3, 0.4) is 0 Å². The minimum atomic E-state index is -0.353. The summed E-state index contributed by atoms with van der Waals surface area (Å²) in [5, 5.41) is 3.00. The lowest BCUT2D eigenvalue weighted by atomic mass is 10.2. The molecule has 0 radical (unpaired) electrons. The third kappa shape index (κ3) is 3.33. The molecule has 0 atom stereocenters. The second-order valence-electron chi connectivity index (χ2n) is 4.27. The maximum atomic E-state index is 13.9. The predicted octanol–water partition coefficient (Wildman–Crippen LogP) is 4.41. The van der Waals surface area contributed by atoms with Gasteiger partial charge in [-0.05, 0) is 43.8 Å². The van der Waals surface area contributed by atoms with Crippen LogP contribution in [0.25, 0.3) is 0 Å². The molecule has 2 aromatic carbocycles. The number of benzene rings is 2. The second kappa shape index (κ2) is 6.17. The Balaban J connectivity index is 2.34. The monoisotopic (exact) mass is 323 g/mol. The van der Waals surface area contributed by atoms with Gasteiger partial charge in [-0.1, -0.05) is 28.1 Å². The zero-order chi connectivity index (χ0) is 13.8. The summed E-state index contributed by atoms with van der Waals surface area (Å²) in [7, 11) is 1.82. The lowest BCUT2D eigenvalue weighted by Gasteiger charge is -2.12. The number of halogens is 2. The number of nitrogens with one attached hydrogen (secondary N) is 1. The van der Waals surface area contributed by atoms with Crippen molar-refractivity contribution in [3.8, 4) is 11.5 Å². The zero-order valence-electron chi connectivity index (χ0n) is 10.8. The van der Waals surface area contributed by atoms with E-state index in [1.54, 1.807) is 6.07 Å². The molecular weight excluding hydrogens is 309 g/mol. The molecule has 0 unspecified atom stereocenters. The van der Waals surface area contributed by atoms with E-state index in [-0.39, 0.29) is 11.6 Å². The lowest BCUT2D eigenvalue weighted by Crippen LogP contribution is -2.07. The van der Waals surface area contributed by atoms with Crippen LogP contribution in [-0.4, -0.2) is 7.05 Å². The average molecular weight is 324 g/mol. The number of aryl methyl sites for hydroxylation is 1. The topological polar surface area (TPSA) is 21.3 Å². The van der Waals surface area contributed by atoms with Crippen molar-refractivity contribution < 1.29 is 9.13 Å². The van der Waals surface area contributed by atoms with E-state index in [1.807, 2.05) is 38.2 Å². The molecule has 0 bridgehead atoms. The fourth-order valence-corrected chi connectivity index (χ4v) is 2.04. The summed E-state index contributed by atoms with van der Waals surface area (Å²) in [5.74, 6) is 0.551. The Morgan fingerprint density at radius 3 is 2.74 bits per heavy atom. The van der Waals surface area contributed by atoms with Crippen LogP contribution in [0.4, 0.5) is 4.39 Å². The summed E-state index contributed by atoms with van der Waals surface area (Å²) in [6.45, 7) is 2.52. The van der Waals surface area contributed by atoms with E-state index in [4.69, 9.17) is 4.74 Å². The molecule has 0 amide bonds. The molecule has 2 nitrogen and oxygen atoms in total. The van der Waals surface area contributed by atoms with Crippen LogP contribution in [-0.2, 0) is 6.54 Å². The maximum absolute atomic E-state index is 13.9. The van der Waals surface area contributed by atoms with Crippen molar-refractivity contribution in [3.05, 3.63) is 57.8 Å². The predicted molar refractivity (Wildman–Crippen MR) is 78.1 cm³/mol. The van der Waals surface area contributed by atoms with E-state index in [0.29, 0.717) is 12.3 Å². The van der Waals surface area contributed by atoms with E-state index in [9.17, 15) is 4.39 Å². The number of ether oxygens (including phenoxy) is 1. The first-order valence-electron chi connectivity index (χ1n) is 5.98. The molecule has 0 heterocycles. The molecule has 100 valence electrons. The summed E-state index contributed by atoms with van der Waals surface area (Å²) in [4.78, 5) is 0. The van der Waals surface area contributed by atoms with E-state index in [1.165, 1.54) is 6.07 Å². The Morgan fingerprint density at radius 2 is 2.05 bits per heavy atom. The molecule has 0 saturated heterocycles. The van der Waals surface area contributed by atoms with Crippen molar-refractivity contribution in [1.29, 1.82) is 0 Å². The van der Waals surface area contributed by atoms with Gasteiger partial charge in [0.2, 0.25) is 0 Å². The molecule has 0 saturated carbocycles. The van der Waals surface area contributed by atoms with Gasteiger partial charge in [0, 0.05) is 16.6 Å². The molecule has 0 fully saturated rings. The SMILES string of the molecule is CNCc1cccc(F)c1Oc1ccc(Br)c(C)c1. The Hall–Kier alpha value is -1.39. The molecule has 1 N–H and O–H groups in total. The number of para-hydroxylation sites is 1. The molecule has 0 aromatic heterocycles. The first-order chi connectivity index (χ1) is 9.11. The highest BCUT2D eigenvalue weighted by Crippen LogP contribution is 2.30. The van der Waals surface area contributed by atoms with E-state index < -0.39 is 0 Å². The van der Waals surface area contributed by atoms with Crippen molar-refractivity contribution in [2.24, 2.45) is 0 Å². The minimum Gasteiger partial charge on any atom is -0.454 e. The summed E-state index contributed by atoms with van der Waals surface area (Å²) < 4.78 is 20.6. The Kier molecular flexibility index (Phi) is 4.56. The largest absolute Gasteiger partial charge is 0.454 e. The van der Waals surface area contributed by atoms with Crippen molar-refractivity contribution in [3.63, 3.8) is 0 Å². The molecule has 19 heavy (non-hydrogen) atoms. The van der Waals surface area contributed by atoms with Gasteiger partial charge < -0.3 is 10.1 Å². The highest BCUT2D eigenvalue weighted by molar-refractivity contribution is 9.10. The van der Waals surface area contributed by atoms with E-state index in [0.717, 1.165) is 15.6 Å². The normalized spacial score (nSPS) is 10.5. The van der Waals surface area contributed by atoms with Gasteiger partial charge in [0.1, 0.15) is 5.75 Å². The molecular formula is C15H15BrFNO. The summed E-state index contributed by atoms with van der Waals surface area (Å²) in [5.41, 5.74) is 1.84. The fraction of sp³-hybridized carbons (Fsp3) is 0.200. The van der Waals surface area contributed by atoms with Gasteiger partial charge in [0.05, 0.1) is 0 Å². The molecule has 0 aliphatic rings. The summed E-state index contributed by atoms with van der Waals surface area (Å²) >= 11 is 3.43. The molecule has 2 aromatic rings. The van der Waals surface area contributed by atoms with E-state index in [2.05, 4.69) is 21.2 Å². The zero-order valence-corrected chi connectivity index (χ0v) is 12.4. The van der Waals surface area contributed by atoms with Gasteiger partial charge in [-0.15, -0.1) is 0 Å². The number of hydrogen-bond acceptors (Lipinski definition) is 2. The summed E-state index contributed by atoms with van der Waals surface area (Å²) in [6.07, 6.45) is 0. The van der Waals surface area contributed by atoms with Gasteiger partial charge in [-0.2, -0.15) is 0 Å². The Labute approximate surface area is 120 Å². The van der Waals surface area contributed by atoms with Crippen LogP contribution in [0.15, 0.2) is 40.9 Å².